The summed E-state index contributed by atoms with van der Waals surface area (Å²) < 4.78 is 6.77. The van der Waals surface area contributed by atoms with Crippen LogP contribution >= 0.6 is 0 Å². The average Bonchev–Trinajstić information content (AvgIpc) is 3.10. The standard InChI is InChI=1S/C23H21N3O4/c1-30-18-12-13(10-11-16(18)27)19-20-15(8-5-9-17(20)28)24-22-21(19)23(29)26(25-22)14-6-3-2-4-7-14/h2-4,6-8,10-12,19-20,24-25,27H,5,9H2,1H3. The molecule has 3 N–H and O–H groups in total. The molecule has 7 heteroatoms. The summed E-state index contributed by atoms with van der Waals surface area (Å²) in [7, 11) is 1.47. The summed E-state index contributed by atoms with van der Waals surface area (Å²) in [4.78, 5) is 26.4. The van der Waals surface area contributed by atoms with Crippen LogP contribution in [0.5, 0.6) is 11.5 Å². The molecule has 1 aliphatic heterocycles. The zero-order valence-corrected chi connectivity index (χ0v) is 16.4. The van der Waals surface area contributed by atoms with Crippen molar-refractivity contribution in [1.29, 1.82) is 0 Å². The first-order chi connectivity index (χ1) is 14.6. The summed E-state index contributed by atoms with van der Waals surface area (Å²) in [5, 5.41) is 16.5. The van der Waals surface area contributed by atoms with Crippen molar-refractivity contribution in [3.63, 3.8) is 0 Å². The minimum Gasteiger partial charge on any atom is -0.504 e. The van der Waals surface area contributed by atoms with Gasteiger partial charge in [-0.05, 0) is 36.2 Å². The maximum Gasteiger partial charge on any atom is 0.277 e. The van der Waals surface area contributed by atoms with Crippen molar-refractivity contribution in [1.82, 2.24) is 9.78 Å². The first kappa shape index (κ1) is 18.3. The number of nitrogens with zero attached hydrogens (tertiary/aromatic N) is 1. The van der Waals surface area contributed by atoms with E-state index in [4.69, 9.17) is 4.74 Å². The number of Topliss-reactive ketones (excluding diaryl/α,β-unsaturated/α-hetero) is 1. The predicted octanol–water partition coefficient (Wildman–Crippen LogP) is 3.30. The number of allylic oxidation sites excluding steroid dienone is 2. The van der Waals surface area contributed by atoms with Gasteiger partial charge >= 0.3 is 0 Å². The van der Waals surface area contributed by atoms with Crippen LogP contribution in [-0.4, -0.2) is 27.8 Å². The fourth-order valence-electron chi connectivity index (χ4n) is 4.47. The molecule has 1 aliphatic carbocycles. The molecule has 2 aromatic carbocycles. The van der Waals surface area contributed by atoms with E-state index >= 15 is 0 Å². The number of para-hydroxylation sites is 1. The molecule has 1 aromatic heterocycles. The Balaban J connectivity index is 1.75. The number of methoxy groups -OCH3 is 1. The molecule has 0 radical (unpaired) electrons. The lowest BCUT2D eigenvalue weighted by molar-refractivity contribution is -0.122. The highest BCUT2D eigenvalue weighted by atomic mass is 16.5. The molecule has 30 heavy (non-hydrogen) atoms. The van der Waals surface area contributed by atoms with Crippen molar-refractivity contribution in [2.45, 2.75) is 18.8 Å². The molecule has 3 aromatic rings. The third kappa shape index (κ3) is 2.74. The summed E-state index contributed by atoms with van der Waals surface area (Å²) in [5.74, 6) is 0.0292. The lowest BCUT2D eigenvalue weighted by atomic mass is 9.72. The highest BCUT2D eigenvalue weighted by Crippen LogP contribution is 2.46. The van der Waals surface area contributed by atoms with E-state index in [9.17, 15) is 14.7 Å². The van der Waals surface area contributed by atoms with Crippen LogP contribution in [-0.2, 0) is 4.79 Å². The van der Waals surface area contributed by atoms with Gasteiger partial charge in [0.25, 0.3) is 5.56 Å². The second-order valence-electron chi connectivity index (χ2n) is 7.55. The Morgan fingerprint density at radius 1 is 1.10 bits per heavy atom. The SMILES string of the molecule is COc1cc(C2c3c([nH]n(-c4ccccc4)c3=O)NC3=CCCC(=O)C32)ccc1O. The number of anilines is 1. The van der Waals surface area contributed by atoms with Gasteiger partial charge in [-0.25, -0.2) is 4.68 Å². The Morgan fingerprint density at radius 3 is 2.67 bits per heavy atom. The van der Waals surface area contributed by atoms with Crippen molar-refractivity contribution < 1.29 is 14.6 Å². The molecular formula is C23H21N3O4. The number of hydrogen-bond acceptors (Lipinski definition) is 5. The smallest absolute Gasteiger partial charge is 0.277 e. The number of aromatic amines is 1. The van der Waals surface area contributed by atoms with Gasteiger partial charge in [-0.2, -0.15) is 0 Å². The normalized spacial score (nSPS) is 20.0. The molecule has 2 atom stereocenters. The Bertz CT molecular complexity index is 1220. The second-order valence-corrected chi connectivity index (χ2v) is 7.55. The molecule has 2 aliphatic rings. The van der Waals surface area contributed by atoms with Crippen LogP contribution in [0.25, 0.3) is 5.69 Å². The number of aromatic nitrogens is 2. The van der Waals surface area contributed by atoms with Gasteiger partial charge in [0.05, 0.1) is 24.3 Å². The zero-order chi connectivity index (χ0) is 20.8. The third-order valence-corrected chi connectivity index (χ3v) is 5.85. The van der Waals surface area contributed by atoms with Crippen molar-refractivity contribution in [3.8, 4) is 17.2 Å². The highest BCUT2D eigenvalue weighted by molar-refractivity contribution is 5.89. The van der Waals surface area contributed by atoms with E-state index in [1.54, 1.807) is 12.1 Å². The summed E-state index contributed by atoms with van der Waals surface area (Å²) in [6.45, 7) is 0. The molecule has 2 unspecified atom stereocenters. The first-order valence-corrected chi connectivity index (χ1v) is 9.85. The average molecular weight is 403 g/mol. The van der Waals surface area contributed by atoms with Gasteiger partial charge in [0, 0.05) is 18.0 Å². The number of benzene rings is 2. The minimum atomic E-state index is -0.483. The molecular weight excluding hydrogens is 382 g/mol. The maximum atomic E-state index is 13.5. The van der Waals surface area contributed by atoms with Gasteiger partial charge in [0.15, 0.2) is 11.5 Å². The molecule has 5 rings (SSSR count). The number of carbonyl (C=O) groups excluding carboxylic acids is 1. The van der Waals surface area contributed by atoms with Gasteiger partial charge in [-0.3, -0.25) is 14.7 Å². The molecule has 0 spiro atoms. The lowest BCUT2D eigenvalue weighted by Crippen LogP contribution is -2.36. The van der Waals surface area contributed by atoms with Crippen LogP contribution < -0.4 is 15.6 Å². The van der Waals surface area contributed by atoms with Crippen molar-refractivity contribution in [2.75, 3.05) is 12.4 Å². The van der Waals surface area contributed by atoms with E-state index in [1.165, 1.54) is 17.9 Å². The van der Waals surface area contributed by atoms with Crippen LogP contribution in [0.2, 0.25) is 0 Å². The first-order valence-electron chi connectivity index (χ1n) is 9.85. The fraction of sp³-hybridized carbons (Fsp3) is 0.217. The Kier molecular flexibility index (Phi) is 4.24. The van der Waals surface area contributed by atoms with Crippen LogP contribution in [0, 0.1) is 5.92 Å². The summed E-state index contributed by atoms with van der Waals surface area (Å²) in [6, 6.07) is 14.3. The molecule has 152 valence electrons. The van der Waals surface area contributed by atoms with E-state index in [0.717, 1.165) is 11.3 Å². The zero-order valence-electron chi connectivity index (χ0n) is 16.4. The van der Waals surface area contributed by atoms with E-state index in [-0.39, 0.29) is 17.1 Å². The molecule has 0 bridgehead atoms. The second kappa shape index (κ2) is 6.95. The summed E-state index contributed by atoms with van der Waals surface area (Å²) >= 11 is 0. The van der Waals surface area contributed by atoms with Gasteiger partial charge in [0.2, 0.25) is 0 Å². The topological polar surface area (TPSA) is 96.4 Å². The van der Waals surface area contributed by atoms with Gasteiger partial charge in [0.1, 0.15) is 11.6 Å². The number of phenols is 1. The molecule has 0 saturated heterocycles. The number of H-pyrrole nitrogens is 1. The Hall–Kier alpha value is -3.74. The fourth-order valence-corrected chi connectivity index (χ4v) is 4.47. The Labute approximate surface area is 172 Å². The quantitative estimate of drug-likeness (QED) is 0.624. The largest absolute Gasteiger partial charge is 0.504 e. The molecule has 0 fully saturated rings. The van der Waals surface area contributed by atoms with E-state index in [1.807, 2.05) is 36.4 Å². The molecule has 2 heterocycles. The van der Waals surface area contributed by atoms with Gasteiger partial charge in [-0.1, -0.05) is 30.3 Å². The number of aromatic hydroxyl groups is 1. The van der Waals surface area contributed by atoms with E-state index < -0.39 is 11.8 Å². The lowest BCUT2D eigenvalue weighted by Gasteiger charge is -2.35. The number of fused-ring (bicyclic) bond motifs is 2. The summed E-state index contributed by atoms with van der Waals surface area (Å²) in [6.07, 6.45) is 3.13. The van der Waals surface area contributed by atoms with Crippen LogP contribution in [0.1, 0.15) is 29.9 Å². The monoisotopic (exact) mass is 403 g/mol. The highest BCUT2D eigenvalue weighted by Gasteiger charge is 2.43. The number of phenolic OH excluding ortho intramolecular Hbond substituents is 1. The van der Waals surface area contributed by atoms with Crippen molar-refractivity contribution in [2.24, 2.45) is 5.92 Å². The van der Waals surface area contributed by atoms with E-state index in [2.05, 4.69) is 10.4 Å². The minimum absolute atomic E-state index is 0.0110. The molecule has 7 nitrogen and oxygen atoms in total. The third-order valence-electron chi connectivity index (χ3n) is 5.85. The maximum absolute atomic E-state index is 13.5. The van der Waals surface area contributed by atoms with Crippen LogP contribution in [0.15, 0.2) is 65.1 Å². The number of nitrogens with one attached hydrogen (secondary N) is 2. The number of hydrogen-bond donors (Lipinski definition) is 3. The van der Waals surface area contributed by atoms with Gasteiger partial charge in [-0.15, -0.1) is 0 Å². The van der Waals surface area contributed by atoms with Crippen molar-refractivity contribution in [3.05, 3.63) is 81.8 Å². The van der Waals surface area contributed by atoms with E-state index in [0.29, 0.717) is 35.7 Å². The molecule has 0 amide bonds. The number of ketones is 1. The number of carbonyl (C=O) groups is 1. The van der Waals surface area contributed by atoms with Crippen LogP contribution in [0.4, 0.5) is 5.82 Å². The van der Waals surface area contributed by atoms with Crippen molar-refractivity contribution >= 4 is 11.6 Å². The summed E-state index contributed by atoms with van der Waals surface area (Å²) in [5.41, 5.74) is 2.55. The number of ether oxygens (including phenoxy) is 1. The number of rotatable bonds is 3. The van der Waals surface area contributed by atoms with Crippen LogP contribution in [0.3, 0.4) is 0 Å². The molecule has 0 saturated carbocycles. The Morgan fingerprint density at radius 2 is 1.90 bits per heavy atom. The predicted molar refractivity (Wildman–Crippen MR) is 112 cm³/mol. The van der Waals surface area contributed by atoms with Gasteiger partial charge < -0.3 is 15.2 Å².